The Hall–Kier alpha value is 0.269. The molecule has 0 unspecified atom stereocenters. The topological polar surface area (TPSA) is 37.3 Å². The summed E-state index contributed by atoms with van der Waals surface area (Å²) in [5, 5.41) is 7.72. The van der Waals surface area contributed by atoms with Crippen molar-refractivity contribution < 1.29 is 9.90 Å². The minimum atomic E-state index is -0.839. The normalized spacial score (nSPS) is 10.1. The zero-order valence-electron chi connectivity index (χ0n) is 12.9. The minimum absolute atomic E-state index is 0.222. The maximum absolute atomic E-state index is 9.37. The molecule has 109 valence electrons. The van der Waals surface area contributed by atoms with Gasteiger partial charge in [-0.05, 0) is 0 Å². The van der Waals surface area contributed by atoms with Crippen LogP contribution in [-0.4, -0.2) is 30.8 Å². The van der Waals surface area contributed by atoms with Crippen LogP contribution in [0.4, 0.5) is 0 Å². The molecule has 0 saturated heterocycles. The number of unbranched alkanes of at least 4 members (excludes halogenated alkanes) is 3. The molecule has 0 aliphatic heterocycles. The van der Waals surface area contributed by atoms with Gasteiger partial charge >= 0.3 is 98.3 Å². The molecule has 0 rings (SSSR count). The Morgan fingerprint density at radius 1 is 0.833 bits per heavy atom. The SMILES string of the molecule is CCC(=O)O.CCC[CH2][Sn]([CH2]CCC)[CH2]CCC. The zero-order valence-corrected chi connectivity index (χ0v) is 15.8. The van der Waals surface area contributed by atoms with E-state index in [1.165, 1.54) is 38.5 Å². The van der Waals surface area contributed by atoms with E-state index in [-0.39, 0.29) is 6.42 Å². The van der Waals surface area contributed by atoms with Gasteiger partial charge in [-0.25, -0.2) is 0 Å². The van der Waals surface area contributed by atoms with Crippen LogP contribution in [-0.2, 0) is 4.79 Å². The van der Waals surface area contributed by atoms with Crippen LogP contribution < -0.4 is 0 Å². The van der Waals surface area contributed by atoms with Crippen LogP contribution in [0.15, 0.2) is 0 Å². The first-order chi connectivity index (χ1) is 8.62. The molecule has 3 heteroatoms. The van der Waals surface area contributed by atoms with E-state index in [1.54, 1.807) is 20.2 Å². The first-order valence-electron chi connectivity index (χ1n) is 7.67. The summed E-state index contributed by atoms with van der Waals surface area (Å²) in [6.45, 7) is 8.60. The second-order valence-corrected chi connectivity index (χ2v) is 13.4. The van der Waals surface area contributed by atoms with Gasteiger partial charge in [0, 0.05) is 6.42 Å². The first kappa shape index (κ1) is 20.6. The summed E-state index contributed by atoms with van der Waals surface area (Å²) >= 11 is -0.839. The molecule has 0 saturated carbocycles. The number of aliphatic carboxylic acids is 1. The van der Waals surface area contributed by atoms with E-state index in [9.17, 15) is 4.79 Å². The van der Waals surface area contributed by atoms with Crippen molar-refractivity contribution in [2.24, 2.45) is 0 Å². The van der Waals surface area contributed by atoms with Gasteiger partial charge in [0.25, 0.3) is 0 Å². The third-order valence-corrected chi connectivity index (χ3v) is 12.0. The van der Waals surface area contributed by atoms with Gasteiger partial charge in [0.2, 0.25) is 0 Å². The molecule has 0 aliphatic rings. The van der Waals surface area contributed by atoms with Gasteiger partial charge in [0.05, 0.1) is 0 Å². The molecule has 2 nitrogen and oxygen atoms in total. The van der Waals surface area contributed by atoms with Crippen molar-refractivity contribution >= 4 is 25.7 Å². The van der Waals surface area contributed by atoms with E-state index < -0.39 is 25.7 Å². The molecule has 0 aromatic heterocycles. The van der Waals surface area contributed by atoms with E-state index in [0.29, 0.717) is 0 Å². The second-order valence-electron chi connectivity index (χ2n) is 4.81. The van der Waals surface area contributed by atoms with Crippen LogP contribution in [0.25, 0.3) is 0 Å². The average Bonchev–Trinajstić information content (AvgIpc) is 2.38. The van der Waals surface area contributed by atoms with E-state index in [0.717, 1.165) is 0 Å². The van der Waals surface area contributed by atoms with Gasteiger partial charge in [-0.2, -0.15) is 0 Å². The standard InChI is InChI=1S/3C4H9.C3H6O2.Sn/c3*1-3-4-2;1-2-3(4)5;/h3*1,3-4H2,2H3;2H2,1H3,(H,4,5);. The van der Waals surface area contributed by atoms with Crippen LogP contribution in [0.3, 0.4) is 0 Å². The number of carboxylic acids is 1. The summed E-state index contributed by atoms with van der Waals surface area (Å²) in [6.07, 6.45) is 9.07. The van der Waals surface area contributed by atoms with Crippen LogP contribution in [0.5, 0.6) is 0 Å². The fraction of sp³-hybridized carbons (Fsp3) is 0.933. The predicted molar refractivity (Wildman–Crippen MR) is 82.8 cm³/mol. The number of carbonyl (C=O) groups is 1. The fourth-order valence-electron chi connectivity index (χ4n) is 1.66. The molecule has 1 radical (unpaired) electrons. The molecular formula is C15H33O2Sn. The number of hydrogen-bond acceptors (Lipinski definition) is 1. The molecule has 18 heavy (non-hydrogen) atoms. The molecular weight excluding hydrogens is 331 g/mol. The second kappa shape index (κ2) is 17.3. The van der Waals surface area contributed by atoms with Gasteiger partial charge in [0.1, 0.15) is 0 Å². The molecule has 0 heterocycles. The molecule has 0 fully saturated rings. The van der Waals surface area contributed by atoms with Gasteiger partial charge in [0.15, 0.2) is 0 Å². The Balaban J connectivity index is 0. The van der Waals surface area contributed by atoms with Crippen molar-refractivity contribution in [2.75, 3.05) is 0 Å². The number of rotatable bonds is 10. The summed E-state index contributed by atoms with van der Waals surface area (Å²) in [4.78, 5) is 9.37. The Labute approximate surface area is 121 Å². The van der Waals surface area contributed by atoms with Crippen molar-refractivity contribution in [1.29, 1.82) is 0 Å². The summed E-state index contributed by atoms with van der Waals surface area (Å²) in [7, 11) is 0. The summed E-state index contributed by atoms with van der Waals surface area (Å²) in [6, 6.07) is 0. The Morgan fingerprint density at radius 3 is 1.28 bits per heavy atom. The van der Waals surface area contributed by atoms with Gasteiger partial charge in [-0.15, -0.1) is 0 Å². The Kier molecular flexibility index (Phi) is 19.7. The Morgan fingerprint density at radius 2 is 1.11 bits per heavy atom. The van der Waals surface area contributed by atoms with Crippen LogP contribution in [0.2, 0.25) is 13.3 Å². The molecule has 0 bridgehead atoms. The van der Waals surface area contributed by atoms with Crippen molar-refractivity contribution in [3.8, 4) is 0 Å². The number of hydrogen-bond donors (Lipinski definition) is 1. The van der Waals surface area contributed by atoms with Crippen molar-refractivity contribution in [3.05, 3.63) is 0 Å². The molecule has 0 amide bonds. The van der Waals surface area contributed by atoms with Gasteiger partial charge < -0.3 is 5.11 Å². The number of carboxylic acid groups (broad SMARTS) is 1. The average molecular weight is 364 g/mol. The predicted octanol–water partition coefficient (Wildman–Crippen LogP) is 5.36. The zero-order chi connectivity index (χ0) is 14.2. The van der Waals surface area contributed by atoms with Crippen LogP contribution >= 0.6 is 0 Å². The summed E-state index contributed by atoms with van der Waals surface area (Å²) in [5.74, 6) is -0.745. The van der Waals surface area contributed by atoms with Crippen LogP contribution in [0.1, 0.15) is 72.6 Å². The monoisotopic (exact) mass is 365 g/mol. The van der Waals surface area contributed by atoms with E-state index in [2.05, 4.69) is 20.8 Å². The maximum atomic E-state index is 9.37. The van der Waals surface area contributed by atoms with Crippen molar-refractivity contribution in [2.45, 2.75) is 86.0 Å². The molecule has 0 aromatic rings. The van der Waals surface area contributed by atoms with E-state index >= 15 is 0 Å². The molecule has 1 N–H and O–H groups in total. The summed E-state index contributed by atoms with van der Waals surface area (Å²) < 4.78 is 5.04. The Bertz CT molecular complexity index is 153. The van der Waals surface area contributed by atoms with Crippen molar-refractivity contribution in [1.82, 2.24) is 0 Å². The fourth-order valence-corrected chi connectivity index (χ4v) is 11.1. The molecule has 0 spiro atoms. The quantitative estimate of drug-likeness (QED) is 0.530. The third kappa shape index (κ3) is 18.6. The first-order valence-corrected chi connectivity index (χ1v) is 13.7. The summed E-state index contributed by atoms with van der Waals surface area (Å²) in [5.41, 5.74) is 0. The third-order valence-electron chi connectivity index (χ3n) is 2.95. The van der Waals surface area contributed by atoms with E-state index in [1.807, 2.05) is 0 Å². The molecule has 0 aromatic carbocycles. The van der Waals surface area contributed by atoms with E-state index in [4.69, 9.17) is 5.11 Å². The van der Waals surface area contributed by atoms with Crippen molar-refractivity contribution in [3.63, 3.8) is 0 Å². The van der Waals surface area contributed by atoms with Crippen LogP contribution in [0, 0.1) is 0 Å². The van der Waals surface area contributed by atoms with Gasteiger partial charge in [-0.1, -0.05) is 6.92 Å². The molecule has 0 aliphatic carbocycles. The van der Waals surface area contributed by atoms with Gasteiger partial charge in [-0.3, -0.25) is 4.79 Å². The molecule has 0 atom stereocenters.